The SMILES string of the molecule is COCCc1nsc(Sc2nc3sc4c(c3c(=O)n2C)CCCC4)n1. The zero-order valence-corrected chi connectivity index (χ0v) is 16.5. The third-order valence-electron chi connectivity index (χ3n) is 4.31. The van der Waals surface area contributed by atoms with Gasteiger partial charge in [0.1, 0.15) is 10.7 Å². The van der Waals surface area contributed by atoms with Crippen LogP contribution in [0.4, 0.5) is 0 Å². The van der Waals surface area contributed by atoms with Gasteiger partial charge in [-0.25, -0.2) is 9.97 Å². The molecule has 1 aliphatic rings. The molecule has 0 bridgehead atoms. The number of hydrogen-bond acceptors (Lipinski definition) is 8. The Bertz CT molecular complexity index is 976. The molecule has 132 valence electrons. The molecular formula is C16H18N4O2S3. The Morgan fingerprint density at radius 1 is 1.28 bits per heavy atom. The molecule has 4 rings (SSSR count). The van der Waals surface area contributed by atoms with Crippen molar-refractivity contribution in [2.45, 2.75) is 41.6 Å². The monoisotopic (exact) mass is 394 g/mol. The molecule has 0 radical (unpaired) electrons. The van der Waals surface area contributed by atoms with Gasteiger partial charge >= 0.3 is 0 Å². The predicted octanol–water partition coefficient (Wildman–Crippen LogP) is 3.07. The molecule has 0 spiro atoms. The maximum Gasteiger partial charge on any atom is 0.262 e. The minimum absolute atomic E-state index is 0.0519. The van der Waals surface area contributed by atoms with E-state index in [0.29, 0.717) is 18.2 Å². The second kappa shape index (κ2) is 7.14. The van der Waals surface area contributed by atoms with Crippen molar-refractivity contribution in [1.29, 1.82) is 0 Å². The second-order valence-corrected chi connectivity index (χ2v) is 9.02. The van der Waals surface area contributed by atoms with Gasteiger partial charge in [-0.05, 0) is 54.5 Å². The summed E-state index contributed by atoms with van der Waals surface area (Å²) in [5, 5.41) is 1.50. The van der Waals surface area contributed by atoms with Gasteiger partial charge in [0.15, 0.2) is 9.50 Å². The van der Waals surface area contributed by atoms with Gasteiger partial charge in [-0.2, -0.15) is 4.37 Å². The lowest BCUT2D eigenvalue weighted by Gasteiger charge is -2.10. The van der Waals surface area contributed by atoms with Gasteiger partial charge in [0.2, 0.25) is 0 Å². The number of hydrogen-bond donors (Lipinski definition) is 0. The van der Waals surface area contributed by atoms with Gasteiger partial charge in [0.05, 0.1) is 12.0 Å². The fourth-order valence-corrected chi connectivity index (χ4v) is 5.93. The summed E-state index contributed by atoms with van der Waals surface area (Å²) in [5.74, 6) is 0.770. The number of aromatic nitrogens is 4. The van der Waals surface area contributed by atoms with Crippen molar-refractivity contribution in [3.05, 3.63) is 26.6 Å². The summed E-state index contributed by atoms with van der Waals surface area (Å²) in [6, 6.07) is 0. The van der Waals surface area contributed by atoms with Crippen molar-refractivity contribution in [1.82, 2.24) is 18.9 Å². The summed E-state index contributed by atoms with van der Waals surface area (Å²) < 4.78 is 11.8. The van der Waals surface area contributed by atoms with Gasteiger partial charge in [-0.3, -0.25) is 9.36 Å². The van der Waals surface area contributed by atoms with Crippen LogP contribution >= 0.6 is 34.6 Å². The Hall–Kier alpha value is -1.29. The standard InChI is InChI=1S/C16H18N4O2S3/c1-20-14(21)12-9-5-3-4-6-10(9)23-13(12)18-15(20)24-16-17-11(19-25-16)7-8-22-2/h3-8H2,1-2H3. The Balaban J connectivity index is 1.69. The molecule has 0 fully saturated rings. The largest absolute Gasteiger partial charge is 0.384 e. The summed E-state index contributed by atoms with van der Waals surface area (Å²) in [6.07, 6.45) is 5.13. The van der Waals surface area contributed by atoms with Crippen molar-refractivity contribution in [3.63, 3.8) is 0 Å². The average molecular weight is 395 g/mol. The molecule has 0 saturated heterocycles. The van der Waals surface area contributed by atoms with Crippen LogP contribution in [0.1, 0.15) is 29.1 Å². The van der Waals surface area contributed by atoms with E-state index in [2.05, 4.69) is 9.36 Å². The zero-order chi connectivity index (χ0) is 17.4. The number of thiophene rings is 1. The first-order valence-electron chi connectivity index (χ1n) is 8.18. The van der Waals surface area contributed by atoms with E-state index >= 15 is 0 Å². The molecule has 0 atom stereocenters. The second-order valence-electron chi connectivity index (χ2n) is 5.97. The van der Waals surface area contributed by atoms with Crippen LogP contribution in [0, 0.1) is 0 Å². The summed E-state index contributed by atoms with van der Waals surface area (Å²) in [4.78, 5) is 24.4. The molecule has 0 aliphatic heterocycles. The third kappa shape index (κ3) is 3.25. The number of rotatable bonds is 5. The first kappa shape index (κ1) is 17.1. The van der Waals surface area contributed by atoms with Crippen molar-refractivity contribution in [3.8, 4) is 0 Å². The van der Waals surface area contributed by atoms with Crippen molar-refractivity contribution >= 4 is 44.8 Å². The fraction of sp³-hybridized carbons (Fsp3) is 0.500. The smallest absolute Gasteiger partial charge is 0.262 e. The lowest BCUT2D eigenvalue weighted by atomic mass is 9.97. The highest BCUT2D eigenvalue weighted by Crippen LogP contribution is 2.35. The number of methoxy groups -OCH3 is 1. The van der Waals surface area contributed by atoms with Gasteiger partial charge in [-0.1, -0.05) is 0 Å². The Morgan fingerprint density at radius 3 is 2.96 bits per heavy atom. The van der Waals surface area contributed by atoms with Crippen molar-refractivity contribution < 1.29 is 4.74 Å². The minimum atomic E-state index is 0.0519. The van der Waals surface area contributed by atoms with Gasteiger partial charge < -0.3 is 4.74 Å². The number of fused-ring (bicyclic) bond motifs is 3. The predicted molar refractivity (Wildman–Crippen MR) is 101 cm³/mol. The molecule has 0 aromatic carbocycles. The maximum atomic E-state index is 12.9. The van der Waals surface area contributed by atoms with Crippen LogP contribution in [0.3, 0.4) is 0 Å². The summed E-state index contributed by atoms with van der Waals surface area (Å²) in [6.45, 7) is 0.601. The lowest BCUT2D eigenvalue weighted by Crippen LogP contribution is -2.20. The van der Waals surface area contributed by atoms with E-state index in [1.54, 1.807) is 30.1 Å². The molecule has 0 amide bonds. The Morgan fingerprint density at radius 2 is 2.12 bits per heavy atom. The highest BCUT2D eigenvalue weighted by atomic mass is 32.2. The van der Waals surface area contributed by atoms with E-state index in [4.69, 9.17) is 9.72 Å². The van der Waals surface area contributed by atoms with Crippen LogP contribution in [-0.2, 0) is 31.0 Å². The lowest BCUT2D eigenvalue weighted by molar-refractivity contribution is 0.200. The highest BCUT2D eigenvalue weighted by molar-refractivity contribution is 8.00. The molecule has 9 heteroatoms. The summed E-state index contributed by atoms with van der Waals surface area (Å²) >= 11 is 4.42. The number of nitrogens with zero attached hydrogens (tertiary/aromatic N) is 4. The normalized spacial score (nSPS) is 14.2. The minimum Gasteiger partial charge on any atom is -0.384 e. The highest BCUT2D eigenvalue weighted by Gasteiger charge is 2.21. The van der Waals surface area contributed by atoms with Crippen LogP contribution in [0.15, 0.2) is 14.3 Å². The maximum absolute atomic E-state index is 12.9. The van der Waals surface area contributed by atoms with Gasteiger partial charge in [0, 0.05) is 25.5 Å². The molecule has 1 aliphatic carbocycles. The molecule has 0 saturated carbocycles. The number of aryl methyl sites for hydroxylation is 2. The molecule has 6 nitrogen and oxygen atoms in total. The topological polar surface area (TPSA) is 69.9 Å². The molecule has 3 aromatic rings. The van der Waals surface area contributed by atoms with Crippen molar-refractivity contribution in [2.24, 2.45) is 7.05 Å². The average Bonchev–Trinajstić information content (AvgIpc) is 3.21. The van der Waals surface area contributed by atoms with E-state index < -0.39 is 0 Å². The Labute approximate surface area is 157 Å². The van der Waals surface area contributed by atoms with E-state index in [1.165, 1.54) is 40.2 Å². The summed E-state index contributed by atoms with van der Waals surface area (Å²) in [5.41, 5.74) is 1.28. The summed E-state index contributed by atoms with van der Waals surface area (Å²) in [7, 11) is 3.45. The quantitative estimate of drug-likeness (QED) is 0.620. The molecule has 25 heavy (non-hydrogen) atoms. The fourth-order valence-electron chi connectivity index (χ4n) is 3.01. The molecule has 3 heterocycles. The van der Waals surface area contributed by atoms with Crippen LogP contribution in [0.25, 0.3) is 10.2 Å². The van der Waals surface area contributed by atoms with E-state index in [9.17, 15) is 4.79 Å². The molecule has 0 N–H and O–H groups in total. The Kier molecular flexibility index (Phi) is 4.90. The molecule has 3 aromatic heterocycles. The molecular weight excluding hydrogens is 376 g/mol. The van der Waals surface area contributed by atoms with Crippen LogP contribution in [0.2, 0.25) is 0 Å². The van der Waals surface area contributed by atoms with E-state index in [1.807, 2.05) is 0 Å². The van der Waals surface area contributed by atoms with Crippen LogP contribution in [0.5, 0.6) is 0 Å². The van der Waals surface area contributed by atoms with E-state index in [-0.39, 0.29) is 5.56 Å². The van der Waals surface area contributed by atoms with Crippen LogP contribution < -0.4 is 5.56 Å². The van der Waals surface area contributed by atoms with Crippen LogP contribution in [-0.4, -0.2) is 32.6 Å². The molecule has 0 unspecified atom stereocenters. The third-order valence-corrected chi connectivity index (χ3v) is 7.34. The zero-order valence-electron chi connectivity index (χ0n) is 14.1. The van der Waals surface area contributed by atoms with Gasteiger partial charge in [0.25, 0.3) is 5.56 Å². The first-order chi connectivity index (χ1) is 12.2. The van der Waals surface area contributed by atoms with Crippen molar-refractivity contribution in [2.75, 3.05) is 13.7 Å². The van der Waals surface area contributed by atoms with E-state index in [0.717, 1.165) is 39.6 Å². The van der Waals surface area contributed by atoms with Gasteiger partial charge in [-0.15, -0.1) is 11.3 Å². The number of ether oxygens (including phenoxy) is 1. The first-order valence-corrected chi connectivity index (χ1v) is 10.6.